The molecule has 1 heterocycles. The van der Waals surface area contributed by atoms with Crippen molar-refractivity contribution in [2.24, 2.45) is 0 Å². The van der Waals surface area contributed by atoms with Gasteiger partial charge in [0.15, 0.2) is 23.1 Å². The third kappa shape index (κ3) is 3.74. The van der Waals surface area contributed by atoms with Crippen molar-refractivity contribution >= 4 is 17.5 Å². The Morgan fingerprint density at radius 2 is 1.85 bits per heavy atom. The Kier molecular flexibility index (Phi) is 5.01. The van der Waals surface area contributed by atoms with Crippen molar-refractivity contribution < 1.29 is 27.8 Å². The smallest absolute Gasteiger partial charge is 0.251 e. The Morgan fingerprint density at radius 3 is 2.58 bits per heavy atom. The van der Waals surface area contributed by atoms with Crippen LogP contribution in [0.1, 0.15) is 17.3 Å². The summed E-state index contributed by atoms with van der Waals surface area (Å²) in [5.74, 6) is -1.68. The molecule has 0 radical (unpaired) electrons. The van der Waals surface area contributed by atoms with Gasteiger partial charge >= 0.3 is 0 Å². The van der Waals surface area contributed by atoms with Gasteiger partial charge in [0, 0.05) is 37.3 Å². The van der Waals surface area contributed by atoms with Crippen molar-refractivity contribution in [3.63, 3.8) is 0 Å². The Morgan fingerprint density at radius 1 is 1.08 bits per heavy atom. The van der Waals surface area contributed by atoms with E-state index in [1.807, 2.05) is 0 Å². The molecule has 1 aliphatic heterocycles. The van der Waals surface area contributed by atoms with Crippen molar-refractivity contribution in [2.45, 2.75) is 6.92 Å². The molecular weight excluding hydrogens is 346 g/mol. The number of carbonyl (C=O) groups is 2. The quantitative estimate of drug-likeness (QED) is 0.887. The average Bonchev–Trinajstić information content (AvgIpc) is 3.08. The molecule has 3 rings (SSSR count). The molecule has 0 unspecified atom stereocenters. The maximum absolute atomic E-state index is 13.4. The van der Waals surface area contributed by atoms with Gasteiger partial charge in [-0.05, 0) is 30.3 Å². The standard InChI is InChI=1S/C18H16F2N2O4/c1-11(23)22(13-3-4-14(19)15(20)9-13)7-6-21-18(24)12-2-5-16-17(8-12)26-10-25-16/h2-5,8-9H,6-7,10H2,1H3,(H,21,24). The van der Waals surface area contributed by atoms with Crippen molar-refractivity contribution in [3.8, 4) is 11.5 Å². The van der Waals surface area contributed by atoms with Crippen LogP contribution in [0, 0.1) is 11.6 Å². The molecule has 1 N–H and O–H groups in total. The molecule has 6 nitrogen and oxygen atoms in total. The number of amides is 2. The van der Waals surface area contributed by atoms with Crippen molar-refractivity contribution in [3.05, 3.63) is 53.6 Å². The van der Waals surface area contributed by atoms with E-state index in [1.165, 1.54) is 17.9 Å². The fourth-order valence-electron chi connectivity index (χ4n) is 2.54. The lowest BCUT2D eigenvalue weighted by atomic mass is 10.2. The number of fused-ring (bicyclic) bond motifs is 1. The maximum atomic E-state index is 13.4. The summed E-state index contributed by atoms with van der Waals surface area (Å²) < 4.78 is 36.8. The molecule has 136 valence electrons. The van der Waals surface area contributed by atoms with E-state index in [-0.39, 0.29) is 37.4 Å². The number of ether oxygens (including phenoxy) is 2. The lowest BCUT2D eigenvalue weighted by molar-refractivity contribution is -0.116. The number of rotatable bonds is 5. The largest absolute Gasteiger partial charge is 0.454 e. The number of carbonyl (C=O) groups excluding carboxylic acids is 2. The summed E-state index contributed by atoms with van der Waals surface area (Å²) in [5, 5.41) is 2.67. The molecular formula is C18H16F2N2O4. The second kappa shape index (κ2) is 7.38. The average molecular weight is 362 g/mol. The molecule has 0 saturated heterocycles. The summed E-state index contributed by atoms with van der Waals surface area (Å²) in [6.45, 7) is 1.66. The summed E-state index contributed by atoms with van der Waals surface area (Å²) in [4.78, 5) is 25.2. The summed E-state index contributed by atoms with van der Waals surface area (Å²) in [5.41, 5.74) is 0.602. The first-order valence-corrected chi connectivity index (χ1v) is 7.86. The van der Waals surface area contributed by atoms with E-state index < -0.39 is 11.6 Å². The van der Waals surface area contributed by atoms with Gasteiger partial charge < -0.3 is 19.7 Å². The van der Waals surface area contributed by atoms with Gasteiger partial charge in [0.1, 0.15) is 0 Å². The van der Waals surface area contributed by atoms with Gasteiger partial charge in [-0.15, -0.1) is 0 Å². The second-order valence-corrected chi connectivity index (χ2v) is 5.59. The molecule has 2 amide bonds. The second-order valence-electron chi connectivity index (χ2n) is 5.59. The number of anilines is 1. The van der Waals surface area contributed by atoms with Crippen LogP contribution < -0.4 is 19.7 Å². The number of hydrogen-bond donors (Lipinski definition) is 1. The predicted octanol–water partition coefficient (Wildman–Crippen LogP) is 2.48. The zero-order valence-electron chi connectivity index (χ0n) is 13.9. The first-order chi connectivity index (χ1) is 12.5. The normalized spacial score (nSPS) is 12.0. The molecule has 0 fully saturated rings. The van der Waals surface area contributed by atoms with E-state index in [2.05, 4.69) is 5.32 Å². The maximum Gasteiger partial charge on any atom is 0.251 e. The minimum Gasteiger partial charge on any atom is -0.454 e. The van der Waals surface area contributed by atoms with E-state index >= 15 is 0 Å². The number of benzene rings is 2. The highest BCUT2D eigenvalue weighted by Crippen LogP contribution is 2.32. The van der Waals surface area contributed by atoms with Gasteiger partial charge in [0.2, 0.25) is 12.7 Å². The zero-order valence-corrected chi connectivity index (χ0v) is 13.9. The van der Waals surface area contributed by atoms with Gasteiger partial charge in [-0.3, -0.25) is 9.59 Å². The van der Waals surface area contributed by atoms with Gasteiger partial charge in [-0.25, -0.2) is 8.78 Å². The van der Waals surface area contributed by atoms with Crippen LogP contribution in [0.2, 0.25) is 0 Å². The number of nitrogens with zero attached hydrogens (tertiary/aromatic N) is 1. The minimum absolute atomic E-state index is 0.108. The summed E-state index contributed by atoms with van der Waals surface area (Å²) >= 11 is 0. The molecule has 0 aliphatic carbocycles. The summed E-state index contributed by atoms with van der Waals surface area (Å²) in [6, 6.07) is 8.00. The van der Waals surface area contributed by atoms with Crippen LogP contribution in [0.4, 0.5) is 14.5 Å². The molecule has 26 heavy (non-hydrogen) atoms. The topological polar surface area (TPSA) is 67.9 Å². The molecule has 8 heteroatoms. The lowest BCUT2D eigenvalue weighted by Gasteiger charge is -2.21. The molecule has 0 saturated carbocycles. The van der Waals surface area contributed by atoms with Gasteiger partial charge in [0.25, 0.3) is 5.91 Å². The number of hydrogen-bond acceptors (Lipinski definition) is 4. The van der Waals surface area contributed by atoms with E-state index in [4.69, 9.17) is 9.47 Å². The Balaban J connectivity index is 1.62. The van der Waals surface area contributed by atoms with Crippen LogP contribution >= 0.6 is 0 Å². The molecule has 2 aromatic rings. The van der Waals surface area contributed by atoms with Crippen LogP contribution in [-0.4, -0.2) is 31.7 Å². The molecule has 2 aromatic carbocycles. The zero-order chi connectivity index (χ0) is 18.7. The molecule has 0 spiro atoms. The van der Waals surface area contributed by atoms with Gasteiger partial charge in [-0.2, -0.15) is 0 Å². The summed E-state index contributed by atoms with van der Waals surface area (Å²) in [7, 11) is 0. The fraction of sp³-hybridized carbons (Fsp3) is 0.222. The van der Waals surface area contributed by atoms with Crippen LogP contribution in [0.25, 0.3) is 0 Å². The van der Waals surface area contributed by atoms with Crippen molar-refractivity contribution in [1.82, 2.24) is 5.32 Å². The van der Waals surface area contributed by atoms with Crippen molar-refractivity contribution in [1.29, 1.82) is 0 Å². The lowest BCUT2D eigenvalue weighted by Crippen LogP contribution is -2.37. The predicted molar refractivity (Wildman–Crippen MR) is 89.3 cm³/mol. The monoisotopic (exact) mass is 362 g/mol. The first kappa shape index (κ1) is 17.7. The fourth-order valence-corrected chi connectivity index (χ4v) is 2.54. The summed E-state index contributed by atoms with van der Waals surface area (Å²) in [6.07, 6.45) is 0. The van der Waals surface area contributed by atoms with Crippen molar-refractivity contribution in [2.75, 3.05) is 24.8 Å². The highest BCUT2D eigenvalue weighted by atomic mass is 19.2. The van der Waals surface area contributed by atoms with Gasteiger partial charge in [-0.1, -0.05) is 0 Å². The Hall–Kier alpha value is -3.16. The van der Waals surface area contributed by atoms with Crippen LogP contribution in [0.3, 0.4) is 0 Å². The molecule has 0 atom stereocenters. The first-order valence-electron chi connectivity index (χ1n) is 7.86. The van der Waals surface area contributed by atoms with Crippen LogP contribution in [0.5, 0.6) is 11.5 Å². The van der Waals surface area contributed by atoms with Crippen LogP contribution in [-0.2, 0) is 4.79 Å². The van der Waals surface area contributed by atoms with E-state index in [9.17, 15) is 18.4 Å². The molecule has 0 aromatic heterocycles. The minimum atomic E-state index is -1.04. The van der Waals surface area contributed by atoms with Gasteiger partial charge in [0.05, 0.1) is 0 Å². The number of nitrogens with one attached hydrogen (secondary N) is 1. The number of halogens is 2. The van der Waals surface area contributed by atoms with E-state index in [1.54, 1.807) is 18.2 Å². The highest BCUT2D eigenvalue weighted by Gasteiger charge is 2.17. The third-order valence-corrected chi connectivity index (χ3v) is 3.85. The SMILES string of the molecule is CC(=O)N(CCNC(=O)c1ccc2c(c1)OCO2)c1ccc(F)c(F)c1. The Bertz CT molecular complexity index is 857. The Labute approximate surface area is 148 Å². The van der Waals surface area contributed by atoms with Crippen LogP contribution in [0.15, 0.2) is 36.4 Å². The molecule has 1 aliphatic rings. The van der Waals surface area contributed by atoms with E-state index in [0.29, 0.717) is 17.1 Å². The van der Waals surface area contributed by atoms with E-state index in [0.717, 1.165) is 12.1 Å². The molecule has 0 bridgehead atoms. The highest BCUT2D eigenvalue weighted by molar-refractivity contribution is 5.95. The third-order valence-electron chi connectivity index (χ3n) is 3.85.